The number of piperazine rings is 1. The van der Waals surface area contributed by atoms with Gasteiger partial charge in [0, 0.05) is 19.5 Å². The predicted molar refractivity (Wildman–Crippen MR) is 84.1 cm³/mol. The largest absolute Gasteiger partial charge is 0.329 e. The number of anilines is 1. The molecule has 0 radical (unpaired) electrons. The van der Waals surface area contributed by atoms with E-state index in [-0.39, 0.29) is 17.7 Å². The van der Waals surface area contributed by atoms with Crippen LogP contribution in [0.15, 0.2) is 18.2 Å². The van der Waals surface area contributed by atoms with Gasteiger partial charge < -0.3 is 9.80 Å². The van der Waals surface area contributed by atoms with Crippen LogP contribution in [0.25, 0.3) is 0 Å². The molecular weight excluding hydrogens is 283 g/mol. The van der Waals surface area contributed by atoms with Crippen molar-refractivity contribution in [1.29, 1.82) is 0 Å². The summed E-state index contributed by atoms with van der Waals surface area (Å²) in [6, 6.07) is 4.17. The second-order valence-corrected chi connectivity index (χ2v) is 6.31. The first-order valence-corrected chi connectivity index (χ1v) is 7.68. The minimum atomic E-state index is -0.556. The Morgan fingerprint density at radius 2 is 2.05 bits per heavy atom. The molecule has 1 aliphatic rings. The number of rotatable bonds is 3. The maximum absolute atomic E-state index is 14.0. The minimum absolute atomic E-state index is 0.0137. The summed E-state index contributed by atoms with van der Waals surface area (Å²) in [5.74, 6) is -0.400. The highest BCUT2D eigenvalue weighted by Gasteiger charge is 2.35. The van der Waals surface area contributed by atoms with Gasteiger partial charge in [0.2, 0.25) is 11.8 Å². The van der Waals surface area contributed by atoms with Crippen LogP contribution in [-0.2, 0) is 9.59 Å². The van der Waals surface area contributed by atoms with Crippen molar-refractivity contribution in [2.75, 3.05) is 18.0 Å². The molecule has 1 saturated heterocycles. The van der Waals surface area contributed by atoms with Gasteiger partial charge in [0.05, 0.1) is 5.69 Å². The third-order valence-corrected chi connectivity index (χ3v) is 3.95. The van der Waals surface area contributed by atoms with Gasteiger partial charge in [-0.1, -0.05) is 19.9 Å². The van der Waals surface area contributed by atoms with E-state index in [0.29, 0.717) is 25.2 Å². The molecule has 0 saturated carbocycles. The maximum atomic E-state index is 14.0. The van der Waals surface area contributed by atoms with Crippen LogP contribution >= 0.6 is 0 Å². The van der Waals surface area contributed by atoms with E-state index in [0.717, 1.165) is 5.56 Å². The van der Waals surface area contributed by atoms with Crippen LogP contribution in [0.2, 0.25) is 0 Å². The average Bonchev–Trinajstić information content (AvgIpc) is 2.44. The molecule has 2 amide bonds. The molecule has 0 unspecified atom stereocenters. The van der Waals surface area contributed by atoms with E-state index >= 15 is 0 Å². The minimum Gasteiger partial charge on any atom is -0.329 e. The fourth-order valence-corrected chi connectivity index (χ4v) is 2.75. The van der Waals surface area contributed by atoms with Gasteiger partial charge in [-0.3, -0.25) is 9.59 Å². The van der Waals surface area contributed by atoms with Crippen LogP contribution < -0.4 is 4.90 Å². The number of benzene rings is 1. The lowest BCUT2D eigenvalue weighted by atomic mass is 10.1. The zero-order valence-electron chi connectivity index (χ0n) is 13.6. The highest BCUT2D eigenvalue weighted by atomic mass is 19.1. The van der Waals surface area contributed by atoms with Crippen molar-refractivity contribution in [3.05, 3.63) is 29.6 Å². The highest BCUT2D eigenvalue weighted by Crippen LogP contribution is 2.25. The van der Waals surface area contributed by atoms with Crippen molar-refractivity contribution in [1.82, 2.24) is 4.90 Å². The van der Waals surface area contributed by atoms with Gasteiger partial charge in [-0.15, -0.1) is 0 Å². The zero-order valence-corrected chi connectivity index (χ0v) is 13.6. The van der Waals surface area contributed by atoms with E-state index in [9.17, 15) is 14.0 Å². The molecule has 22 heavy (non-hydrogen) atoms. The normalized spacial score (nSPS) is 19.0. The number of hydrogen-bond acceptors (Lipinski definition) is 2. The molecule has 120 valence electrons. The van der Waals surface area contributed by atoms with Gasteiger partial charge in [0.15, 0.2) is 0 Å². The van der Waals surface area contributed by atoms with E-state index in [1.165, 1.54) is 11.0 Å². The van der Waals surface area contributed by atoms with Crippen molar-refractivity contribution in [3.8, 4) is 0 Å². The number of carbonyl (C=O) groups is 2. The Kier molecular flexibility index (Phi) is 4.84. The number of aryl methyl sites for hydroxylation is 1. The number of halogens is 1. The van der Waals surface area contributed by atoms with E-state index in [4.69, 9.17) is 0 Å². The van der Waals surface area contributed by atoms with Gasteiger partial charge >= 0.3 is 0 Å². The topological polar surface area (TPSA) is 40.6 Å². The molecule has 1 atom stereocenters. The molecule has 0 aromatic heterocycles. The van der Waals surface area contributed by atoms with Crippen LogP contribution in [0.5, 0.6) is 0 Å². The Morgan fingerprint density at radius 3 is 2.68 bits per heavy atom. The summed E-state index contributed by atoms with van der Waals surface area (Å²) in [7, 11) is 0. The second kappa shape index (κ2) is 6.46. The fourth-order valence-electron chi connectivity index (χ4n) is 2.75. The first-order valence-electron chi connectivity index (χ1n) is 7.68. The summed E-state index contributed by atoms with van der Waals surface area (Å²) in [5.41, 5.74) is 1.20. The van der Waals surface area contributed by atoms with Gasteiger partial charge in [-0.25, -0.2) is 4.39 Å². The first-order chi connectivity index (χ1) is 10.3. The molecule has 0 aliphatic carbocycles. The van der Waals surface area contributed by atoms with Crippen LogP contribution in [0.1, 0.15) is 32.8 Å². The summed E-state index contributed by atoms with van der Waals surface area (Å²) in [6.45, 7) is 8.28. The lowest BCUT2D eigenvalue weighted by Crippen LogP contribution is -2.58. The molecular formula is C17H23FN2O2. The molecule has 4 nitrogen and oxygen atoms in total. The molecule has 0 bridgehead atoms. The number of hydrogen-bond donors (Lipinski definition) is 0. The van der Waals surface area contributed by atoms with Crippen molar-refractivity contribution in [2.24, 2.45) is 5.92 Å². The van der Waals surface area contributed by atoms with E-state index in [2.05, 4.69) is 0 Å². The first kappa shape index (κ1) is 16.5. The Bertz CT molecular complexity index is 586. The standard InChI is InChI=1S/C17H23FN2O2/c1-11(2)9-16(21)19-7-8-20(17(22)13(19)4)15-10-12(3)5-6-14(15)18/h5-6,10-11,13H,7-9H2,1-4H3/t13-/m1/s1. The van der Waals surface area contributed by atoms with Crippen LogP contribution in [0.4, 0.5) is 10.1 Å². The van der Waals surface area contributed by atoms with Crippen LogP contribution in [0.3, 0.4) is 0 Å². The quantitative estimate of drug-likeness (QED) is 0.861. The molecule has 1 heterocycles. The number of nitrogens with zero attached hydrogens (tertiary/aromatic N) is 2. The summed E-state index contributed by atoms with van der Waals surface area (Å²) in [6.07, 6.45) is 0.427. The Balaban J connectivity index is 2.19. The molecule has 1 aliphatic heterocycles. The predicted octanol–water partition coefficient (Wildman–Crippen LogP) is 2.74. The summed E-state index contributed by atoms with van der Waals surface area (Å²) in [5, 5.41) is 0. The van der Waals surface area contributed by atoms with Gasteiger partial charge in [-0.2, -0.15) is 0 Å². The molecule has 5 heteroatoms. The molecule has 1 fully saturated rings. The number of amides is 2. The number of carbonyl (C=O) groups excluding carboxylic acids is 2. The Hall–Kier alpha value is -1.91. The third kappa shape index (κ3) is 3.29. The Morgan fingerprint density at radius 1 is 1.36 bits per heavy atom. The van der Waals surface area contributed by atoms with Crippen molar-refractivity contribution in [2.45, 2.75) is 40.2 Å². The maximum Gasteiger partial charge on any atom is 0.249 e. The second-order valence-electron chi connectivity index (χ2n) is 6.31. The molecule has 1 aromatic rings. The van der Waals surface area contributed by atoms with E-state index < -0.39 is 11.9 Å². The van der Waals surface area contributed by atoms with Gasteiger partial charge in [0.25, 0.3) is 0 Å². The summed E-state index contributed by atoms with van der Waals surface area (Å²) in [4.78, 5) is 27.8. The smallest absolute Gasteiger partial charge is 0.249 e. The van der Waals surface area contributed by atoms with Crippen LogP contribution in [-0.4, -0.2) is 35.8 Å². The highest BCUT2D eigenvalue weighted by molar-refractivity contribution is 6.00. The Labute approximate surface area is 130 Å². The van der Waals surface area contributed by atoms with Crippen molar-refractivity contribution in [3.63, 3.8) is 0 Å². The molecule has 2 rings (SSSR count). The summed E-state index contributed by atoms with van der Waals surface area (Å²) < 4.78 is 14.0. The fraction of sp³-hybridized carbons (Fsp3) is 0.529. The van der Waals surface area contributed by atoms with Crippen molar-refractivity contribution < 1.29 is 14.0 Å². The molecule has 0 N–H and O–H groups in total. The van der Waals surface area contributed by atoms with Crippen LogP contribution in [0, 0.1) is 18.7 Å². The molecule has 1 aromatic carbocycles. The SMILES string of the molecule is Cc1ccc(F)c(N2CCN(C(=O)CC(C)C)[C@H](C)C2=O)c1. The van der Waals surface area contributed by atoms with Gasteiger partial charge in [-0.05, 0) is 37.5 Å². The van der Waals surface area contributed by atoms with Crippen molar-refractivity contribution >= 4 is 17.5 Å². The third-order valence-electron chi connectivity index (χ3n) is 3.95. The monoisotopic (exact) mass is 306 g/mol. The molecule has 0 spiro atoms. The van der Waals surface area contributed by atoms with E-state index in [1.54, 1.807) is 24.0 Å². The van der Waals surface area contributed by atoms with Gasteiger partial charge in [0.1, 0.15) is 11.9 Å². The summed E-state index contributed by atoms with van der Waals surface area (Å²) >= 11 is 0. The van der Waals surface area contributed by atoms with E-state index in [1.807, 2.05) is 20.8 Å². The zero-order chi connectivity index (χ0) is 16.4. The lowest BCUT2D eigenvalue weighted by Gasteiger charge is -2.39. The lowest BCUT2D eigenvalue weighted by molar-refractivity contribution is -0.141. The average molecular weight is 306 g/mol.